The molecule has 3 N–H and O–H groups in total. The third-order valence-corrected chi connectivity index (χ3v) is 13.2. The Labute approximate surface area is 408 Å². The Morgan fingerprint density at radius 2 is 0.471 bits per heavy atom. The van der Waals surface area contributed by atoms with Crippen LogP contribution in [0.15, 0.2) is 273 Å². The van der Waals surface area contributed by atoms with E-state index in [1.54, 1.807) is 0 Å². The normalized spacial score (nSPS) is 11.1. The fourth-order valence-electron chi connectivity index (χ4n) is 9.87. The summed E-state index contributed by atoms with van der Waals surface area (Å²) < 4.78 is 0. The van der Waals surface area contributed by atoms with Crippen molar-refractivity contribution in [3.05, 3.63) is 273 Å². The van der Waals surface area contributed by atoms with E-state index in [1.165, 1.54) is 65.7 Å². The lowest BCUT2D eigenvalue weighted by molar-refractivity contribution is 1.28. The Morgan fingerprint density at radius 3 is 0.757 bits per heavy atom. The molecule has 0 aliphatic rings. The number of hydrogen-bond donors (Lipinski definition) is 3. The van der Waals surface area contributed by atoms with Crippen LogP contribution in [0.5, 0.6) is 0 Å². The van der Waals surface area contributed by atoms with Gasteiger partial charge in [-0.15, -0.1) is 0 Å². The molecule has 4 nitrogen and oxygen atoms in total. The second kappa shape index (κ2) is 18.7. The molecule has 332 valence electrons. The molecule has 12 aromatic rings. The van der Waals surface area contributed by atoms with E-state index in [1.807, 2.05) is 0 Å². The van der Waals surface area contributed by atoms with E-state index in [9.17, 15) is 0 Å². The van der Waals surface area contributed by atoms with Gasteiger partial charge in [-0.2, -0.15) is 0 Å². The zero-order valence-corrected chi connectivity index (χ0v) is 38.4. The minimum atomic E-state index is 1.00. The van der Waals surface area contributed by atoms with Gasteiger partial charge in [-0.3, -0.25) is 0 Å². The first-order valence-corrected chi connectivity index (χ1v) is 23.8. The molecule has 0 saturated heterocycles. The molecule has 0 aromatic heterocycles. The molecular weight excluding hydrogens is 849 g/mol. The largest absolute Gasteiger partial charge is 0.355 e. The predicted octanol–water partition coefficient (Wildman–Crippen LogP) is 18.8. The molecule has 0 heterocycles. The highest BCUT2D eigenvalue weighted by atomic mass is 15.1. The fourth-order valence-corrected chi connectivity index (χ4v) is 9.87. The summed E-state index contributed by atoms with van der Waals surface area (Å²) in [7, 11) is 0. The maximum atomic E-state index is 3.79. The van der Waals surface area contributed by atoms with Crippen molar-refractivity contribution in [3.8, 4) is 33.4 Å². The first-order valence-electron chi connectivity index (χ1n) is 23.8. The second-order valence-corrected chi connectivity index (χ2v) is 17.6. The molecule has 0 spiro atoms. The molecule has 0 radical (unpaired) electrons. The number of anilines is 9. The van der Waals surface area contributed by atoms with E-state index in [0.29, 0.717) is 0 Å². The lowest BCUT2D eigenvalue weighted by atomic mass is 9.96. The third-order valence-electron chi connectivity index (χ3n) is 13.2. The van der Waals surface area contributed by atoms with Crippen LogP contribution in [0.25, 0.3) is 65.7 Å². The van der Waals surface area contributed by atoms with E-state index >= 15 is 0 Å². The van der Waals surface area contributed by atoms with Gasteiger partial charge in [0.15, 0.2) is 0 Å². The summed E-state index contributed by atoms with van der Waals surface area (Å²) in [6.45, 7) is 0. The van der Waals surface area contributed by atoms with Crippen LogP contribution in [0.1, 0.15) is 0 Å². The Kier molecular flexibility index (Phi) is 11.2. The summed E-state index contributed by atoms with van der Waals surface area (Å²) in [4.78, 5) is 2.32. The molecule has 12 rings (SSSR count). The van der Waals surface area contributed by atoms with Gasteiger partial charge in [0.1, 0.15) is 0 Å². The average molecular weight is 897 g/mol. The third kappa shape index (κ3) is 8.36. The molecule has 4 heteroatoms. The quantitative estimate of drug-likeness (QED) is 0.114. The maximum absolute atomic E-state index is 3.79. The molecule has 0 aliphatic heterocycles. The second-order valence-electron chi connectivity index (χ2n) is 17.6. The van der Waals surface area contributed by atoms with Gasteiger partial charge in [0.25, 0.3) is 0 Å². The minimum absolute atomic E-state index is 1.00. The molecule has 0 saturated carbocycles. The van der Waals surface area contributed by atoms with E-state index in [0.717, 1.165) is 51.2 Å². The van der Waals surface area contributed by atoms with Gasteiger partial charge >= 0.3 is 0 Å². The van der Waals surface area contributed by atoms with Crippen LogP contribution in [-0.2, 0) is 0 Å². The number of nitrogens with one attached hydrogen (secondary N) is 3. The van der Waals surface area contributed by atoms with Crippen LogP contribution in [0.3, 0.4) is 0 Å². The van der Waals surface area contributed by atoms with Crippen molar-refractivity contribution >= 4 is 83.5 Å². The van der Waals surface area contributed by atoms with Gasteiger partial charge in [0.05, 0.1) is 0 Å². The molecule has 0 aliphatic carbocycles. The topological polar surface area (TPSA) is 39.3 Å². The van der Waals surface area contributed by atoms with Crippen molar-refractivity contribution in [1.29, 1.82) is 0 Å². The van der Waals surface area contributed by atoms with Crippen molar-refractivity contribution in [2.75, 3.05) is 20.9 Å². The highest BCUT2D eigenvalue weighted by Crippen LogP contribution is 2.42. The van der Waals surface area contributed by atoms with E-state index in [2.05, 4.69) is 294 Å². The number of rotatable bonds is 12. The molecule has 0 fully saturated rings. The van der Waals surface area contributed by atoms with Crippen LogP contribution < -0.4 is 20.9 Å². The first kappa shape index (κ1) is 42.0. The van der Waals surface area contributed by atoms with Gasteiger partial charge in [-0.1, -0.05) is 182 Å². The number of hydrogen-bond acceptors (Lipinski definition) is 4. The first-order chi connectivity index (χ1) is 34.7. The van der Waals surface area contributed by atoms with Gasteiger partial charge in [0, 0.05) is 67.9 Å². The highest BCUT2D eigenvalue weighted by molar-refractivity contribution is 6.06. The lowest BCUT2D eigenvalue weighted by Gasteiger charge is -2.26. The minimum Gasteiger partial charge on any atom is -0.355 e. The van der Waals surface area contributed by atoms with Crippen LogP contribution in [-0.4, -0.2) is 0 Å². The summed E-state index contributed by atoms with van der Waals surface area (Å²) in [6.07, 6.45) is 0. The summed E-state index contributed by atoms with van der Waals surface area (Å²) in [5, 5.41) is 18.6. The number of benzene rings is 12. The molecule has 12 aromatic carbocycles. The van der Waals surface area contributed by atoms with E-state index < -0.39 is 0 Å². The molecule has 0 unspecified atom stereocenters. The standard InChI is InChI=1S/C66H48N4/c1-4-19-49(20-5-1)64-58-25-13-10-16-46(58)28-43-61(64)67-52-31-37-55(38-32-52)70(56-39-33-53(34-40-56)68-62-44-29-47-17-11-14-26-59(47)65(62)50-21-6-2-7-22-50)57-41-35-54(36-42-57)69-63-45-30-48-18-12-15-27-60(48)66(63)51-23-8-3-9-24-51/h1-45,67-69H. The van der Waals surface area contributed by atoms with Crippen LogP contribution in [0.4, 0.5) is 51.2 Å². The van der Waals surface area contributed by atoms with E-state index in [-0.39, 0.29) is 0 Å². The van der Waals surface area contributed by atoms with Crippen LogP contribution >= 0.6 is 0 Å². The molecular formula is C66H48N4. The van der Waals surface area contributed by atoms with Crippen molar-refractivity contribution in [2.45, 2.75) is 0 Å². The summed E-state index contributed by atoms with van der Waals surface area (Å²) in [5.41, 5.74) is 16.4. The van der Waals surface area contributed by atoms with Gasteiger partial charge in [-0.25, -0.2) is 0 Å². The van der Waals surface area contributed by atoms with Crippen LogP contribution in [0.2, 0.25) is 0 Å². The van der Waals surface area contributed by atoms with E-state index in [4.69, 9.17) is 0 Å². The monoisotopic (exact) mass is 896 g/mol. The molecule has 70 heavy (non-hydrogen) atoms. The average Bonchev–Trinajstić information content (AvgIpc) is 3.43. The Bertz CT molecular complexity index is 3360. The summed E-state index contributed by atoms with van der Waals surface area (Å²) >= 11 is 0. The van der Waals surface area contributed by atoms with Gasteiger partial charge in [-0.05, 0) is 140 Å². The Morgan fingerprint density at radius 1 is 0.214 bits per heavy atom. The van der Waals surface area contributed by atoms with Crippen LogP contribution in [0, 0.1) is 0 Å². The molecule has 0 amide bonds. The number of fused-ring (bicyclic) bond motifs is 3. The Hall–Kier alpha value is -9.38. The van der Waals surface area contributed by atoms with Crippen molar-refractivity contribution in [3.63, 3.8) is 0 Å². The number of nitrogens with zero attached hydrogens (tertiary/aromatic N) is 1. The molecule has 0 bridgehead atoms. The van der Waals surface area contributed by atoms with Crippen molar-refractivity contribution in [2.24, 2.45) is 0 Å². The lowest BCUT2D eigenvalue weighted by Crippen LogP contribution is -2.10. The SMILES string of the molecule is c1ccc(-c2c(Nc3ccc(N(c4ccc(Nc5ccc6ccccc6c5-c5ccccc5)cc4)c4ccc(Nc5ccc6ccccc6c5-c5ccccc5)cc4)cc3)ccc3ccccc23)cc1. The Balaban J connectivity index is 0.895. The maximum Gasteiger partial charge on any atom is 0.0470 e. The zero-order chi connectivity index (χ0) is 46.6. The fraction of sp³-hybridized carbons (Fsp3) is 0. The van der Waals surface area contributed by atoms with Crippen molar-refractivity contribution in [1.82, 2.24) is 0 Å². The van der Waals surface area contributed by atoms with Gasteiger partial charge < -0.3 is 20.9 Å². The van der Waals surface area contributed by atoms with Crippen molar-refractivity contribution < 1.29 is 0 Å². The summed E-state index contributed by atoms with van der Waals surface area (Å²) in [6, 6.07) is 97.1. The molecule has 0 atom stereocenters. The highest BCUT2D eigenvalue weighted by Gasteiger charge is 2.17. The van der Waals surface area contributed by atoms with Gasteiger partial charge in [0.2, 0.25) is 0 Å². The predicted molar refractivity (Wildman–Crippen MR) is 299 cm³/mol. The zero-order valence-electron chi connectivity index (χ0n) is 38.4. The summed E-state index contributed by atoms with van der Waals surface area (Å²) in [5.74, 6) is 0. The smallest absolute Gasteiger partial charge is 0.0470 e.